The Labute approximate surface area is 390 Å². The second-order valence-electron chi connectivity index (χ2n) is 16.6. The topological polar surface area (TPSA) is 120 Å². The Morgan fingerprint density at radius 2 is 0.824 bits per heavy atom. The van der Waals surface area contributed by atoms with Gasteiger partial charge in [0, 0.05) is 55.0 Å². The first-order valence-corrected chi connectivity index (χ1v) is 22.1. The Hall–Kier alpha value is -9.94. The zero-order valence-electron chi connectivity index (χ0n) is 36.2. The molecular formula is C60H34N8. The number of nitriles is 3. The lowest BCUT2D eigenvalue weighted by Gasteiger charge is -2.16. The molecule has 8 nitrogen and oxygen atoms in total. The normalized spacial score (nSPS) is 11.2. The van der Waals surface area contributed by atoms with E-state index in [4.69, 9.17) is 15.0 Å². The lowest BCUT2D eigenvalue weighted by atomic mass is 9.95. The molecular weight excluding hydrogens is 833 g/mol. The number of hydrogen-bond donors (Lipinski definition) is 0. The van der Waals surface area contributed by atoms with Crippen molar-refractivity contribution in [3.63, 3.8) is 0 Å². The van der Waals surface area contributed by atoms with Gasteiger partial charge in [-0.1, -0.05) is 127 Å². The standard InChI is InChI=1S/C60H34N8/c61-35-38-23-26-47(45(29-38)37-63)51-30-39(36-62)24-27-56(51)68-55-22-12-9-19-50(55)52-34-42(25-28-57(52)68)43-31-44(33-46(32-43)67-53-20-10-7-17-48(53)49-18-8-11-21-54(49)67)60-65-58(40-13-3-1-4-14-40)64-59(66-60)41-15-5-2-6-16-41/h1-34H. The average Bonchev–Trinajstić information content (AvgIpc) is 3.93. The summed E-state index contributed by atoms with van der Waals surface area (Å²) >= 11 is 0. The molecule has 0 atom stereocenters. The van der Waals surface area contributed by atoms with Gasteiger partial charge in [0.05, 0.1) is 62.7 Å². The molecule has 0 bridgehead atoms. The second kappa shape index (κ2) is 16.2. The van der Waals surface area contributed by atoms with Crippen molar-refractivity contribution in [1.82, 2.24) is 24.1 Å². The molecule has 3 heterocycles. The van der Waals surface area contributed by atoms with Crippen LogP contribution in [0.15, 0.2) is 206 Å². The van der Waals surface area contributed by atoms with E-state index in [-0.39, 0.29) is 0 Å². The molecule has 0 saturated carbocycles. The maximum absolute atomic E-state index is 10.3. The summed E-state index contributed by atoms with van der Waals surface area (Å²) in [6, 6.07) is 75.9. The zero-order chi connectivity index (χ0) is 45.7. The molecule has 0 unspecified atom stereocenters. The van der Waals surface area contributed by atoms with Gasteiger partial charge in [0.1, 0.15) is 0 Å². The van der Waals surface area contributed by atoms with Crippen molar-refractivity contribution in [3.8, 4) is 86.0 Å². The molecule has 0 aliphatic heterocycles. The lowest BCUT2D eigenvalue weighted by molar-refractivity contribution is 1.07. The first kappa shape index (κ1) is 39.6. The Bertz CT molecular complexity index is 4010. The highest BCUT2D eigenvalue weighted by Crippen LogP contribution is 2.41. The molecule has 0 fully saturated rings. The predicted octanol–water partition coefficient (Wildman–Crippen LogP) is 14.0. The van der Waals surface area contributed by atoms with E-state index in [2.05, 4.69) is 124 Å². The lowest BCUT2D eigenvalue weighted by Crippen LogP contribution is -2.02. The summed E-state index contributed by atoms with van der Waals surface area (Å²) in [5.41, 5.74) is 13.0. The fourth-order valence-electron chi connectivity index (χ4n) is 9.54. The number of nitrogens with zero attached hydrogens (tertiary/aromatic N) is 8. The Morgan fingerprint density at radius 1 is 0.324 bits per heavy atom. The highest BCUT2D eigenvalue weighted by molar-refractivity contribution is 6.12. The quantitative estimate of drug-likeness (QED) is 0.157. The Morgan fingerprint density at radius 3 is 1.43 bits per heavy atom. The van der Waals surface area contributed by atoms with Gasteiger partial charge in [-0.25, -0.2) is 15.0 Å². The summed E-state index contributed by atoms with van der Waals surface area (Å²) in [5, 5.41) is 34.4. The Balaban J connectivity index is 1.11. The molecule has 0 amide bonds. The van der Waals surface area contributed by atoms with Gasteiger partial charge in [0.15, 0.2) is 17.5 Å². The first-order chi connectivity index (χ1) is 33.6. The predicted molar refractivity (Wildman–Crippen MR) is 270 cm³/mol. The molecule has 0 aliphatic carbocycles. The molecule has 0 N–H and O–H groups in total. The fourth-order valence-corrected chi connectivity index (χ4v) is 9.54. The molecule has 314 valence electrons. The number of para-hydroxylation sites is 3. The van der Waals surface area contributed by atoms with Crippen molar-refractivity contribution in [2.75, 3.05) is 0 Å². The minimum absolute atomic E-state index is 0.354. The van der Waals surface area contributed by atoms with Crippen LogP contribution in [-0.2, 0) is 0 Å². The van der Waals surface area contributed by atoms with E-state index >= 15 is 0 Å². The fraction of sp³-hybridized carbons (Fsp3) is 0. The second-order valence-corrected chi connectivity index (χ2v) is 16.6. The number of fused-ring (bicyclic) bond motifs is 6. The van der Waals surface area contributed by atoms with Crippen molar-refractivity contribution in [3.05, 3.63) is 223 Å². The Kier molecular flexibility index (Phi) is 9.47. The van der Waals surface area contributed by atoms with Crippen LogP contribution in [0.25, 0.3) is 111 Å². The number of rotatable bonds is 7. The van der Waals surface area contributed by atoms with Crippen LogP contribution in [0.4, 0.5) is 0 Å². The largest absolute Gasteiger partial charge is 0.309 e. The summed E-state index contributed by atoms with van der Waals surface area (Å²) in [7, 11) is 0. The van der Waals surface area contributed by atoms with Crippen LogP contribution in [-0.4, -0.2) is 24.1 Å². The van der Waals surface area contributed by atoms with E-state index in [1.54, 1.807) is 24.3 Å². The van der Waals surface area contributed by atoms with Gasteiger partial charge in [0.25, 0.3) is 0 Å². The van der Waals surface area contributed by atoms with Crippen molar-refractivity contribution < 1.29 is 0 Å². The van der Waals surface area contributed by atoms with Gasteiger partial charge in [-0.05, 0) is 90.0 Å². The maximum atomic E-state index is 10.3. The third-order valence-electron chi connectivity index (χ3n) is 12.6. The smallest absolute Gasteiger partial charge is 0.164 e. The zero-order valence-corrected chi connectivity index (χ0v) is 36.2. The molecule has 0 aliphatic rings. The third kappa shape index (κ3) is 6.63. The van der Waals surface area contributed by atoms with E-state index < -0.39 is 0 Å². The highest BCUT2D eigenvalue weighted by atomic mass is 15.0. The number of aromatic nitrogens is 5. The van der Waals surface area contributed by atoms with Crippen molar-refractivity contribution >= 4 is 43.6 Å². The van der Waals surface area contributed by atoms with Crippen LogP contribution < -0.4 is 0 Å². The van der Waals surface area contributed by atoms with E-state index in [1.807, 2.05) is 84.9 Å². The first-order valence-electron chi connectivity index (χ1n) is 22.1. The number of hydrogen-bond acceptors (Lipinski definition) is 6. The van der Waals surface area contributed by atoms with E-state index in [9.17, 15) is 15.8 Å². The van der Waals surface area contributed by atoms with Gasteiger partial charge in [0.2, 0.25) is 0 Å². The molecule has 12 aromatic rings. The average molecular weight is 867 g/mol. The van der Waals surface area contributed by atoms with E-state index in [1.165, 1.54) is 0 Å². The van der Waals surface area contributed by atoms with Crippen molar-refractivity contribution in [2.45, 2.75) is 0 Å². The minimum Gasteiger partial charge on any atom is -0.309 e. The molecule has 0 spiro atoms. The van der Waals surface area contributed by atoms with Crippen LogP contribution in [0.1, 0.15) is 16.7 Å². The van der Waals surface area contributed by atoms with Gasteiger partial charge < -0.3 is 9.13 Å². The van der Waals surface area contributed by atoms with Crippen LogP contribution in [0, 0.1) is 34.0 Å². The molecule has 12 rings (SSSR count). The third-order valence-corrected chi connectivity index (χ3v) is 12.6. The van der Waals surface area contributed by atoms with Crippen LogP contribution in [0.5, 0.6) is 0 Å². The van der Waals surface area contributed by atoms with Gasteiger partial charge in [-0.15, -0.1) is 0 Å². The van der Waals surface area contributed by atoms with Gasteiger partial charge >= 0.3 is 0 Å². The van der Waals surface area contributed by atoms with Crippen LogP contribution in [0.3, 0.4) is 0 Å². The SMILES string of the molecule is N#Cc1ccc(-c2cc(C#N)ccc2-n2c3ccccc3c3cc(-c4cc(-c5nc(-c6ccccc6)nc(-c6ccccc6)n5)cc(-n5c6ccccc6c6ccccc65)c4)ccc32)c(C#N)c1. The van der Waals surface area contributed by atoms with E-state index in [0.717, 1.165) is 82.8 Å². The molecule has 0 saturated heterocycles. The van der Waals surface area contributed by atoms with Crippen molar-refractivity contribution in [1.29, 1.82) is 15.8 Å². The summed E-state index contributed by atoms with van der Waals surface area (Å²) < 4.78 is 4.52. The monoisotopic (exact) mass is 866 g/mol. The molecule has 3 aromatic heterocycles. The van der Waals surface area contributed by atoms with Crippen LogP contribution >= 0.6 is 0 Å². The number of benzene rings is 9. The summed E-state index contributed by atoms with van der Waals surface area (Å²) in [6.45, 7) is 0. The molecule has 9 aromatic carbocycles. The van der Waals surface area contributed by atoms with Crippen molar-refractivity contribution in [2.24, 2.45) is 0 Å². The maximum Gasteiger partial charge on any atom is 0.164 e. The molecule has 0 radical (unpaired) electrons. The molecule has 8 heteroatoms. The van der Waals surface area contributed by atoms with Gasteiger partial charge in [-0.2, -0.15) is 15.8 Å². The minimum atomic E-state index is 0.354. The van der Waals surface area contributed by atoms with Crippen LogP contribution in [0.2, 0.25) is 0 Å². The van der Waals surface area contributed by atoms with Gasteiger partial charge in [-0.3, -0.25) is 0 Å². The molecule has 68 heavy (non-hydrogen) atoms. The highest BCUT2D eigenvalue weighted by Gasteiger charge is 2.21. The summed E-state index contributed by atoms with van der Waals surface area (Å²) in [5.74, 6) is 1.71. The van der Waals surface area contributed by atoms with E-state index in [0.29, 0.717) is 45.3 Å². The summed E-state index contributed by atoms with van der Waals surface area (Å²) in [4.78, 5) is 15.4. The summed E-state index contributed by atoms with van der Waals surface area (Å²) in [6.07, 6.45) is 0.